The van der Waals surface area contributed by atoms with Crippen molar-refractivity contribution in [3.05, 3.63) is 82.3 Å². The maximum atomic E-state index is 13.4. The standard InChI is InChI=1S/C28H29NO4S/c1-17(2)15-23(30)25-26(22-7-5-6-8-24(22)33-18(3)4)29(28(32)27(25)31)21-11-9-19(10-12-21)20-13-14-34-16-20/h5-14,16-18,26,31H,15H2,1-4H3. The number of aliphatic hydroxyl groups excluding tert-OH is 1. The maximum Gasteiger partial charge on any atom is 0.294 e. The Bertz CT molecular complexity index is 1210. The van der Waals surface area contributed by atoms with Crippen LogP contribution in [-0.4, -0.2) is 22.9 Å². The lowest BCUT2D eigenvalue weighted by Crippen LogP contribution is -2.31. The molecule has 6 heteroatoms. The van der Waals surface area contributed by atoms with Gasteiger partial charge in [0.05, 0.1) is 17.7 Å². The minimum Gasteiger partial charge on any atom is -0.503 e. The van der Waals surface area contributed by atoms with E-state index in [-0.39, 0.29) is 29.8 Å². The number of rotatable bonds is 8. The van der Waals surface area contributed by atoms with E-state index in [4.69, 9.17) is 4.74 Å². The molecule has 0 aliphatic carbocycles. The molecule has 0 fully saturated rings. The fraction of sp³-hybridized carbons (Fsp3) is 0.286. The number of carbonyl (C=O) groups excluding carboxylic acids is 2. The number of benzene rings is 2. The number of Topliss-reactive ketones (excluding diaryl/α,β-unsaturated/α-hetero) is 1. The lowest BCUT2D eigenvalue weighted by atomic mass is 9.91. The molecule has 4 rings (SSSR count). The Morgan fingerprint density at radius 1 is 1.03 bits per heavy atom. The maximum absolute atomic E-state index is 13.4. The van der Waals surface area contributed by atoms with Crippen molar-refractivity contribution in [1.82, 2.24) is 0 Å². The largest absolute Gasteiger partial charge is 0.503 e. The molecule has 1 aromatic heterocycles. The molecule has 3 aromatic rings. The van der Waals surface area contributed by atoms with Gasteiger partial charge in [-0.25, -0.2) is 0 Å². The molecule has 2 aromatic carbocycles. The number of ketones is 1. The number of aliphatic hydroxyl groups is 1. The molecule has 1 atom stereocenters. The molecule has 176 valence electrons. The van der Waals surface area contributed by atoms with Crippen LogP contribution < -0.4 is 9.64 Å². The molecule has 0 spiro atoms. The van der Waals surface area contributed by atoms with Gasteiger partial charge in [-0.15, -0.1) is 0 Å². The third-order valence-corrected chi connectivity index (χ3v) is 6.36. The molecule has 34 heavy (non-hydrogen) atoms. The van der Waals surface area contributed by atoms with Gasteiger partial charge in [-0.3, -0.25) is 14.5 Å². The summed E-state index contributed by atoms with van der Waals surface area (Å²) in [6.07, 6.45) is 0.144. The van der Waals surface area contributed by atoms with Gasteiger partial charge in [0.1, 0.15) is 5.75 Å². The molecular weight excluding hydrogens is 446 g/mol. The highest BCUT2D eigenvalue weighted by Crippen LogP contribution is 2.45. The second kappa shape index (κ2) is 9.85. The van der Waals surface area contributed by atoms with E-state index >= 15 is 0 Å². The Balaban J connectivity index is 1.83. The number of ether oxygens (including phenoxy) is 1. The summed E-state index contributed by atoms with van der Waals surface area (Å²) in [7, 11) is 0. The van der Waals surface area contributed by atoms with Gasteiger partial charge >= 0.3 is 0 Å². The Morgan fingerprint density at radius 2 is 1.74 bits per heavy atom. The first kappa shape index (κ1) is 23.8. The highest BCUT2D eigenvalue weighted by molar-refractivity contribution is 7.08. The molecule has 1 aliphatic rings. The molecule has 1 unspecified atom stereocenters. The van der Waals surface area contributed by atoms with E-state index in [1.807, 2.05) is 87.7 Å². The van der Waals surface area contributed by atoms with Crippen molar-refractivity contribution in [2.45, 2.75) is 46.3 Å². The molecule has 0 saturated carbocycles. The summed E-state index contributed by atoms with van der Waals surface area (Å²) in [4.78, 5) is 28.1. The van der Waals surface area contributed by atoms with Crippen molar-refractivity contribution >= 4 is 28.7 Å². The highest BCUT2D eigenvalue weighted by atomic mass is 32.1. The van der Waals surface area contributed by atoms with Crippen LogP contribution in [0.4, 0.5) is 5.69 Å². The molecule has 5 nitrogen and oxygen atoms in total. The van der Waals surface area contributed by atoms with Crippen LogP contribution in [0.2, 0.25) is 0 Å². The van der Waals surface area contributed by atoms with Crippen molar-refractivity contribution in [1.29, 1.82) is 0 Å². The van der Waals surface area contributed by atoms with E-state index in [9.17, 15) is 14.7 Å². The summed E-state index contributed by atoms with van der Waals surface area (Å²) in [5.41, 5.74) is 3.53. The van der Waals surface area contributed by atoms with Crippen LogP contribution in [0.15, 0.2) is 76.7 Å². The lowest BCUT2D eigenvalue weighted by Gasteiger charge is -2.29. The SMILES string of the molecule is CC(C)CC(=O)C1=C(O)C(=O)N(c2ccc(-c3ccsc3)cc2)C1c1ccccc1OC(C)C. The number of carbonyl (C=O) groups is 2. The monoisotopic (exact) mass is 475 g/mol. The first-order valence-corrected chi connectivity index (χ1v) is 12.4. The summed E-state index contributed by atoms with van der Waals surface area (Å²) < 4.78 is 6.04. The topological polar surface area (TPSA) is 66.8 Å². The zero-order chi connectivity index (χ0) is 24.4. The van der Waals surface area contributed by atoms with Crippen molar-refractivity contribution in [2.75, 3.05) is 4.90 Å². The van der Waals surface area contributed by atoms with Gasteiger partial charge in [-0.2, -0.15) is 11.3 Å². The van der Waals surface area contributed by atoms with Crippen LogP contribution in [-0.2, 0) is 9.59 Å². The first-order chi connectivity index (χ1) is 16.3. The average Bonchev–Trinajstić information content (AvgIpc) is 3.41. The number of amides is 1. The van der Waals surface area contributed by atoms with E-state index in [2.05, 4.69) is 5.38 Å². The Morgan fingerprint density at radius 3 is 2.35 bits per heavy atom. The second-order valence-electron chi connectivity index (χ2n) is 9.12. The minimum atomic E-state index is -0.777. The average molecular weight is 476 g/mol. The molecule has 0 bridgehead atoms. The van der Waals surface area contributed by atoms with Gasteiger partial charge in [-0.1, -0.05) is 44.2 Å². The summed E-state index contributed by atoms with van der Waals surface area (Å²) in [6.45, 7) is 7.74. The first-order valence-electron chi connectivity index (χ1n) is 11.5. The Kier molecular flexibility index (Phi) is 6.89. The molecule has 2 heterocycles. The summed E-state index contributed by atoms with van der Waals surface area (Å²) in [6, 6.07) is 16.3. The lowest BCUT2D eigenvalue weighted by molar-refractivity contribution is -0.118. The summed E-state index contributed by atoms with van der Waals surface area (Å²) >= 11 is 1.62. The molecule has 1 N–H and O–H groups in total. The van der Waals surface area contributed by atoms with Crippen LogP contribution in [0.25, 0.3) is 11.1 Å². The fourth-order valence-electron chi connectivity index (χ4n) is 4.24. The van der Waals surface area contributed by atoms with E-state index in [0.29, 0.717) is 17.0 Å². The predicted molar refractivity (Wildman–Crippen MR) is 136 cm³/mol. The van der Waals surface area contributed by atoms with Gasteiger partial charge in [0, 0.05) is 17.7 Å². The van der Waals surface area contributed by atoms with Crippen LogP contribution in [0.1, 0.15) is 45.7 Å². The molecule has 0 radical (unpaired) electrons. The van der Waals surface area contributed by atoms with Gasteiger partial charge in [0.25, 0.3) is 5.91 Å². The van der Waals surface area contributed by atoms with Crippen LogP contribution in [0, 0.1) is 5.92 Å². The van der Waals surface area contributed by atoms with Gasteiger partial charge in [-0.05, 0) is 65.9 Å². The number of anilines is 1. The smallest absolute Gasteiger partial charge is 0.294 e. The minimum absolute atomic E-state index is 0.0876. The highest BCUT2D eigenvalue weighted by Gasteiger charge is 2.45. The third-order valence-electron chi connectivity index (χ3n) is 5.68. The predicted octanol–water partition coefficient (Wildman–Crippen LogP) is 6.72. The number of thiophene rings is 1. The molecule has 1 aliphatic heterocycles. The number of nitrogens with zero attached hydrogens (tertiary/aromatic N) is 1. The number of hydrogen-bond acceptors (Lipinski definition) is 5. The van der Waals surface area contributed by atoms with Gasteiger partial charge in [0.2, 0.25) is 0 Å². The summed E-state index contributed by atoms with van der Waals surface area (Å²) in [5.74, 6) is -0.636. The van der Waals surface area contributed by atoms with Crippen molar-refractivity contribution in [3.8, 4) is 16.9 Å². The second-order valence-corrected chi connectivity index (χ2v) is 9.90. The molecule has 1 amide bonds. The van der Waals surface area contributed by atoms with Gasteiger partial charge < -0.3 is 9.84 Å². The quantitative estimate of drug-likeness (QED) is 0.393. The Labute approximate surface area is 204 Å². The molecular formula is C28H29NO4S. The fourth-order valence-corrected chi connectivity index (χ4v) is 4.91. The van der Waals surface area contributed by atoms with Crippen molar-refractivity contribution in [2.24, 2.45) is 5.92 Å². The van der Waals surface area contributed by atoms with Crippen LogP contribution in [0.5, 0.6) is 5.75 Å². The van der Waals surface area contributed by atoms with E-state index < -0.39 is 17.7 Å². The number of para-hydroxylation sites is 1. The zero-order valence-electron chi connectivity index (χ0n) is 19.8. The van der Waals surface area contributed by atoms with E-state index in [1.165, 1.54) is 4.90 Å². The van der Waals surface area contributed by atoms with Crippen LogP contribution in [0.3, 0.4) is 0 Å². The normalized spacial score (nSPS) is 16.1. The molecule has 0 saturated heterocycles. The van der Waals surface area contributed by atoms with E-state index in [1.54, 1.807) is 11.3 Å². The number of hydrogen-bond donors (Lipinski definition) is 1. The Hall–Kier alpha value is -3.38. The zero-order valence-corrected chi connectivity index (χ0v) is 20.6. The van der Waals surface area contributed by atoms with Crippen LogP contribution >= 0.6 is 11.3 Å². The van der Waals surface area contributed by atoms with Crippen molar-refractivity contribution < 1.29 is 19.4 Å². The van der Waals surface area contributed by atoms with Gasteiger partial charge in [0.15, 0.2) is 11.5 Å². The third kappa shape index (κ3) is 4.64. The van der Waals surface area contributed by atoms with E-state index in [0.717, 1.165) is 11.1 Å². The van der Waals surface area contributed by atoms with Crippen molar-refractivity contribution in [3.63, 3.8) is 0 Å². The summed E-state index contributed by atoms with van der Waals surface area (Å²) in [5, 5.41) is 15.0.